The lowest BCUT2D eigenvalue weighted by Gasteiger charge is -2.28. The molecule has 2 rings (SSSR count). The third-order valence-corrected chi connectivity index (χ3v) is 4.25. The Kier molecular flexibility index (Phi) is 7.60. The maximum atomic E-state index is 5.95. The van der Waals surface area contributed by atoms with Gasteiger partial charge in [-0.25, -0.2) is 0 Å². The summed E-state index contributed by atoms with van der Waals surface area (Å²) in [7, 11) is 0. The molecule has 1 unspecified atom stereocenters. The molecule has 5 heteroatoms. The number of hydrogen-bond acceptors (Lipinski definition) is 5. The Labute approximate surface area is 156 Å². The number of anilines is 2. The summed E-state index contributed by atoms with van der Waals surface area (Å²) in [4.78, 5) is 2.48. The molecule has 2 aromatic carbocycles. The SMILES string of the molecule is CCCN(CCC)C(C)COc1ccc(Oc2ccc(N)c(N)c2)cc1. The van der Waals surface area contributed by atoms with E-state index in [1.807, 2.05) is 24.3 Å². The molecule has 0 aliphatic rings. The fraction of sp³-hybridized carbons (Fsp3) is 0.429. The largest absolute Gasteiger partial charge is 0.492 e. The topological polar surface area (TPSA) is 73.7 Å². The first-order chi connectivity index (χ1) is 12.5. The normalized spacial score (nSPS) is 12.2. The molecule has 0 saturated heterocycles. The molecule has 0 aliphatic heterocycles. The number of hydrogen-bond donors (Lipinski definition) is 2. The number of rotatable bonds is 10. The van der Waals surface area contributed by atoms with E-state index in [-0.39, 0.29) is 0 Å². The molecular weight excluding hydrogens is 326 g/mol. The van der Waals surface area contributed by atoms with Crippen molar-refractivity contribution in [1.29, 1.82) is 0 Å². The van der Waals surface area contributed by atoms with Crippen LogP contribution < -0.4 is 20.9 Å². The smallest absolute Gasteiger partial charge is 0.129 e. The lowest BCUT2D eigenvalue weighted by atomic mass is 10.2. The average molecular weight is 357 g/mol. The molecule has 0 aliphatic carbocycles. The van der Waals surface area contributed by atoms with Crippen LogP contribution in [0.25, 0.3) is 0 Å². The summed E-state index contributed by atoms with van der Waals surface area (Å²) in [6.07, 6.45) is 2.32. The van der Waals surface area contributed by atoms with Crippen LogP contribution in [0.3, 0.4) is 0 Å². The van der Waals surface area contributed by atoms with Crippen molar-refractivity contribution in [2.24, 2.45) is 0 Å². The van der Waals surface area contributed by atoms with E-state index in [1.54, 1.807) is 18.2 Å². The summed E-state index contributed by atoms with van der Waals surface area (Å²) in [5.41, 5.74) is 12.6. The molecule has 26 heavy (non-hydrogen) atoms. The van der Waals surface area contributed by atoms with Gasteiger partial charge in [-0.3, -0.25) is 4.90 Å². The Balaban J connectivity index is 1.89. The number of ether oxygens (including phenoxy) is 2. The Morgan fingerprint density at radius 2 is 1.42 bits per heavy atom. The Morgan fingerprint density at radius 3 is 2.00 bits per heavy atom. The van der Waals surface area contributed by atoms with Gasteiger partial charge in [0.15, 0.2) is 0 Å². The van der Waals surface area contributed by atoms with E-state index >= 15 is 0 Å². The lowest BCUT2D eigenvalue weighted by molar-refractivity contribution is 0.146. The standard InChI is InChI=1S/C21H31N3O2/c1-4-12-24(13-5-2)16(3)15-25-17-6-8-18(9-7-17)26-19-10-11-20(22)21(23)14-19/h6-11,14,16H,4-5,12-13,15,22-23H2,1-3H3. The van der Waals surface area contributed by atoms with Crippen LogP contribution in [0.15, 0.2) is 42.5 Å². The molecule has 1 atom stereocenters. The molecule has 5 nitrogen and oxygen atoms in total. The molecule has 2 aromatic rings. The van der Waals surface area contributed by atoms with Crippen molar-refractivity contribution in [3.63, 3.8) is 0 Å². The summed E-state index contributed by atoms with van der Waals surface area (Å²) in [5.74, 6) is 2.23. The molecule has 0 heterocycles. The van der Waals surface area contributed by atoms with Crippen molar-refractivity contribution < 1.29 is 9.47 Å². The van der Waals surface area contributed by atoms with E-state index < -0.39 is 0 Å². The van der Waals surface area contributed by atoms with Crippen molar-refractivity contribution in [1.82, 2.24) is 4.90 Å². The average Bonchev–Trinajstić information content (AvgIpc) is 2.64. The Morgan fingerprint density at radius 1 is 0.846 bits per heavy atom. The third-order valence-electron chi connectivity index (χ3n) is 4.25. The van der Waals surface area contributed by atoms with Crippen LogP contribution in [0.5, 0.6) is 17.2 Å². The third kappa shape index (κ3) is 5.85. The second kappa shape index (κ2) is 9.92. The van der Waals surface area contributed by atoms with E-state index in [9.17, 15) is 0 Å². The zero-order chi connectivity index (χ0) is 18.9. The highest BCUT2D eigenvalue weighted by molar-refractivity contribution is 5.65. The number of nitrogens with zero attached hydrogens (tertiary/aromatic N) is 1. The molecule has 0 amide bonds. The van der Waals surface area contributed by atoms with Crippen LogP contribution in [0.2, 0.25) is 0 Å². The zero-order valence-corrected chi connectivity index (χ0v) is 16.1. The molecule has 0 fully saturated rings. The predicted octanol–water partition coefficient (Wildman–Crippen LogP) is 4.53. The maximum absolute atomic E-state index is 5.95. The van der Waals surface area contributed by atoms with Gasteiger partial charge in [0.1, 0.15) is 23.9 Å². The Bertz CT molecular complexity index is 667. The van der Waals surface area contributed by atoms with Gasteiger partial charge in [0.25, 0.3) is 0 Å². The molecule has 0 spiro atoms. The second-order valence-electron chi connectivity index (χ2n) is 6.56. The first kappa shape index (κ1) is 19.9. The van der Waals surface area contributed by atoms with Gasteiger partial charge in [-0.05, 0) is 69.3 Å². The number of nitrogens with two attached hydrogens (primary N) is 2. The van der Waals surface area contributed by atoms with Crippen LogP contribution in [-0.4, -0.2) is 30.6 Å². The fourth-order valence-electron chi connectivity index (χ4n) is 2.81. The molecule has 0 bridgehead atoms. The molecule has 0 aromatic heterocycles. The van der Waals surface area contributed by atoms with Crippen LogP contribution in [-0.2, 0) is 0 Å². The quantitative estimate of drug-likeness (QED) is 0.611. The molecule has 142 valence electrons. The van der Waals surface area contributed by atoms with E-state index in [0.29, 0.717) is 29.8 Å². The molecular formula is C21H31N3O2. The Hall–Kier alpha value is -2.40. The van der Waals surface area contributed by atoms with Gasteiger partial charge < -0.3 is 20.9 Å². The maximum Gasteiger partial charge on any atom is 0.129 e. The van der Waals surface area contributed by atoms with Crippen LogP contribution in [0.4, 0.5) is 11.4 Å². The highest BCUT2D eigenvalue weighted by atomic mass is 16.5. The van der Waals surface area contributed by atoms with E-state index in [0.717, 1.165) is 37.4 Å². The number of nitrogen functional groups attached to an aromatic ring is 2. The van der Waals surface area contributed by atoms with Crippen LogP contribution >= 0.6 is 0 Å². The van der Waals surface area contributed by atoms with Gasteiger partial charge in [0, 0.05) is 12.1 Å². The van der Waals surface area contributed by atoms with Crippen molar-refractivity contribution in [2.45, 2.75) is 39.7 Å². The van der Waals surface area contributed by atoms with Gasteiger partial charge >= 0.3 is 0 Å². The van der Waals surface area contributed by atoms with Gasteiger partial charge in [0.05, 0.1) is 11.4 Å². The van der Waals surface area contributed by atoms with Crippen molar-refractivity contribution in [2.75, 3.05) is 31.2 Å². The van der Waals surface area contributed by atoms with Gasteiger partial charge in [-0.2, -0.15) is 0 Å². The second-order valence-corrected chi connectivity index (χ2v) is 6.56. The van der Waals surface area contributed by atoms with Crippen LogP contribution in [0, 0.1) is 0 Å². The summed E-state index contributed by atoms with van der Waals surface area (Å²) in [5, 5.41) is 0. The first-order valence-corrected chi connectivity index (χ1v) is 9.33. The fourth-order valence-corrected chi connectivity index (χ4v) is 2.81. The van der Waals surface area contributed by atoms with Crippen molar-refractivity contribution in [3.8, 4) is 17.2 Å². The van der Waals surface area contributed by atoms with E-state index in [4.69, 9.17) is 20.9 Å². The molecule has 4 N–H and O–H groups in total. The highest BCUT2D eigenvalue weighted by Gasteiger charge is 2.12. The molecule has 0 radical (unpaired) electrons. The molecule has 0 saturated carbocycles. The van der Waals surface area contributed by atoms with E-state index in [1.165, 1.54) is 0 Å². The van der Waals surface area contributed by atoms with Gasteiger partial charge in [-0.15, -0.1) is 0 Å². The summed E-state index contributed by atoms with van der Waals surface area (Å²) in [6, 6.07) is 13.3. The minimum atomic E-state index is 0.392. The van der Waals surface area contributed by atoms with Gasteiger partial charge in [-0.1, -0.05) is 13.8 Å². The summed E-state index contributed by atoms with van der Waals surface area (Å²) in [6.45, 7) is 9.53. The van der Waals surface area contributed by atoms with Gasteiger partial charge in [0.2, 0.25) is 0 Å². The monoisotopic (exact) mass is 357 g/mol. The first-order valence-electron chi connectivity index (χ1n) is 9.33. The van der Waals surface area contributed by atoms with E-state index in [2.05, 4.69) is 25.7 Å². The summed E-state index contributed by atoms with van der Waals surface area (Å²) < 4.78 is 11.7. The highest BCUT2D eigenvalue weighted by Crippen LogP contribution is 2.27. The zero-order valence-electron chi connectivity index (χ0n) is 16.1. The summed E-state index contributed by atoms with van der Waals surface area (Å²) >= 11 is 0. The lowest BCUT2D eigenvalue weighted by Crippen LogP contribution is -2.38. The predicted molar refractivity (Wildman–Crippen MR) is 109 cm³/mol. The van der Waals surface area contributed by atoms with Crippen LogP contribution in [0.1, 0.15) is 33.6 Å². The minimum Gasteiger partial charge on any atom is -0.492 e. The van der Waals surface area contributed by atoms with Crippen molar-refractivity contribution >= 4 is 11.4 Å². The minimum absolute atomic E-state index is 0.392. The number of benzene rings is 2. The van der Waals surface area contributed by atoms with Crippen molar-refractivity contribution in [3.05, 3.63) is 42.5 Å².